The van der Waals surface area contributed by atoms with Crippen LogP contribution in [0.2, 0.25) is 0 Å². The molecule has 5 heteroatoms. The molecule has 0 radical (unpaired) electrons. The molecule has 0 bridgehead atoms. The van der Waals surface area contributed by atoms with Crippen LogP contribution in [0.15, 0.2) is 24.3 Å². The molecule has 4 nitrogen and oxygen atoms in total. The average Bonchev–Trinajstić information content (AvgIpc) is 2.74. The Morgan fingerprint density at radius 2 is 1.67 bits per heavy atom. The normalized spacial score (nSPS) is 15.4. The number of likely N-dealkylation sites (tertiary alicyclic amines) is 1. The van der Waals surface area contributed by atoms with Crippen molar-refractivity contribution in [2.75, 3.05) is 24.5 Å². The average molecular weight is 292 g/mol. The van der Waals surface area contributed by atoms with E-state index in [1.165, 1.54) is 36.1 Å². The molecule has 0 aromatic heterocycles. The molecular weight excluding hydrogens is 271 g/mol. The van der Waals surface area contributed by atoms with Gasteiger partial charge < -0.3 is 9.80 Å². The van der Waals surface area contributed by atoms with Gasteiger partial charge in [0.15, 0.2) is 0 Å². The second-order valence-electron chi connectivity index (χ2n) is 5.38. The molecule has 0 aliphatic carbocycles. The van der Waals surface area contributed by atoms with Crippen LogP contribution in [0.3, 0.4) is 0 Å². The summed E-state index contributed by atoms with van der Waals surface area (Å²) in [6, 6.07) is 5.63. The Hall–Kier alpha value is -1.91. The topological polar surface area (TPSA) is 40.6 Å². The minimum atomic E-state index is -0.360. The second-order valence-corrected chi connectivity index (χ2v) is 5.38. The Balaban J connectivity index is 2.06. The van der Waals surface area contributed by atoms with Crippen molar-refractivity contribution in [2.24, 2.45) is 0 Å². The summed E-state index contributed by atoms with van der Waals surface area (Å²) in [5.74, 6) is -0.623. The van der Waals surface area contributed by atoms with Crippen LogP contribution >= 0.6 is 0 Å². The van der Waals surface area contributed by atoms with Crippen LogP contribution in [-0.4, -0.2) is 36.3 Å². The SMILES string of the molecule is CC(=O)N(CC(=O)N1CCCCCC1)c1ccc(F)cc1. The van der Waals surface area contributed by atoms with E-state index in [0.717, 1.165) is 38.8 Å². The Morgan fingerprint density at radius 3 is 2.19 bits per heavy atom. The maximum absolute atomic E-state index is 13.0. The third-order valence-corrected chi connectivity index (χ3v) is 3.77. The standard InChI is InChI=1S/C16H21FN2O2/c1-13(20)19(15-8-6-14(17)7-9-15)12-16(21)18-10-4-2-3-5-11-18/h6-9H,2-5,10-12H2,1H3. The van der Waals surface area contributed by atoms with E-state index >= 15 is 0 Å². The lowest BCUT2D eigenvalue weighted by atomic mass is 10.2. The zero-order valence-electron chi connectivity index (χ0n) is 12.3. The molecule has 1 saturated heterocycles. The van der Waals surface area contributed by atoms with Gasteiger partial charge >= 0.3 is 0 Å². The first kappa shape index (κ1) is 15.5. The van der Waals surface area contributed by atoms with Crippen molar-refractivity contribution in [1.29, 1.82) is 0 Å². The molecule has 2 rings (SSSR count). The molecule has 1 aliphatic heterocycles. The van der Waals surface area contributed by atoms with Crippen molar-refractivity contribution in [1.82, 2.24) is 4.90 Å². The van der Waals surface area contributed by atoms with E-state index < -0.39 is 0 Å². The highest BCUT2D eigenvalue weighted by Crippen LogP contribution is 2.16. The summed E-state index contributed by atoms with van der Waals surface area (Å²) >= 11 is 0. The molecule has 1 aromatic rings. The van der Waals surface area contributed by atoms with E-state index in [2.05, 4.69) is 0 Å². The van der Waals surface area contributed by atoms with Gasteiger partial charge in [0.25, 0.3) is 0 Å². The monoisotopic (exact) mass is 292 g/mol. The van der Waals surface area contributed by atoms with Gasteiger partial charge in [0.05, 0.1) is 0 Å². The molecule has 0 atom stereocenters. The zero-order valence-corrected chi connectivity index (χ0v) is 12.3. The fraction of sp³-hybridized carbons (Fsp3) is 0.500. The van der Waals surface area contributed by atoms with Crippen molar-refractivity contribution < 1.29 is 14.0 Å². The summed E-state index contributed by atoms with van der Waals surface area (Å²) in [5, 5.41) is 0. The maximum atomic E-state index is 13.0. The molecule has 114 valence electrons. The van der Waals surface area contributed by atoms with Gasteiger partial charge in [0, 0.05) is 25.7 Å². The van der Waals surface area contributed by atoms with Gasteiger partial charge in [-0.25, -0.2) is 4.39 Å². The van der Waals surface area contributed by atoms with E-state index in [9.17, 15) is 14.0 Å². The highest BCUT2D eigenvalue weighted by molar-refractivity contribution is 5.97. The number of amides is 2. The molecule has 21 heavy (non-hydrogen) atoms. The van der Waals surface area contributed by atoms with Gasteiger partial charge in [-0.15, -0.1) is 0 Å². The number of carbonyl (C=O) groups excluding carboxylic acids is 2. The summed E-state index contributed by atoms with van der Waals surface area (Å²) < 4.78 is 13.0. The molecule has 1 heterocycles. The van der Waals surface area contributed by atoms with E-state index in [4.69, 9.17) is 0 Å². The van der Waals surface area contributed by atoms with E-state index in [1.54, 1.807) is 0 Å². The van der Waals surface area contributed by atoms with E-state index in [-0.39, 0.29) is 24.2 Å². The molecule has 1 aromatic carbocycles. The molecule has 2 amide bonds. The van der Waals surface area contributed by atoms with Crippen LogP contribution in [0.1, 0.15) is 32.6 Å². The first-order valence-corrected chi connectivity index (χ1v) is 7.39. The number of rotatable bonds is 3. The van der Waals surface area contributed by atoms with Crippen molar-refractivity contribution in [3.05, 3.63) is 30.1 Å². The summed E-state index contributed by atoms with van der Waals surface area (Å²) in [6.45, 7) is 2.95. The quantitative estimate of drug-likeness (QED) is 0.859. The van der Waals surface area contributed by atoms with Crippen molar-refractivity contribution >= 4 is 17.5 Å². The molecule has 0 saturated carbocycles. The van der Waals surface area contributed by atoms with Crippen LogP contribution < -0.4 is 4.90 Å². The molecule has 1 fully saturated rings. The first-order chi connectivity index (χ1) is 10.1. The zero-order chi connectivity index (χ0) is 15.2. The van der Waals surface area contributed by atoms with Crippen LogP contribution in [0.5, 0.6) is 0 Å². The van der Waals surface area contributed by atoms with Gasteiger partial charge in [0.1, 0.15) is 12.4 Å². The lowest BCUT2D eigenvalue weighted by Crippen LogP contribution is -2.42. The van der Waals surface area contributed by atoms with Gasteiger partial charge in [-0.3, -0.25) is 9.59 Å². The number of anilines is 1. The Morgan fingerprint density at radius 1 is 1.10 bits per heavy atom. The van der Waals surface area contributed by atoms with Crippen molar-refractivity contribution in [3.63, 3.8) is 0 Å². The number of hydrogen-bond donors (Lipinski definition) is 0. The van der Waals surface area contributed by atoms with Gasteiger partial charge in [-0.2, -0.15) is 0 Å². The summed E-state index contributed by atoms with van der Waals surface area (Å²) in [5.41, 5.74) is 0.548. The third-order valence-electron chi connectivity index (χ3n) is 3.77. The minimum Gasteiger partial charge on any atom is -0.341 e. The molecule has 0 unspecified atom stereocenters. The van der Waals surface area contributed by atoms with Crippen LogP contribution in [-0.2, 0) is 9.59 Å². The Labute approximate surface area is 124 Å². The van der Waals surface area contributed by atoms with Crippen molar-refractivity contribution in [3.8, 4) is 0 Å². The fourth-order valence-corrected chi connectivity index (χ4v) is 2.56. The fourth-order valence-electron chi connectivity index (χ4n) is 2.56. The minimum absolute atomic E-state index is 0.0148. The highest BCUT2D eigenvalue weighted by Gasteiger charge is 2.21. The maximum Gasteiger partial charge on any atom is 0.242 e. The van der Waals surface area contributed by atoms with Crippen LogP contribution in [0, 0.1) is 5.82 Å². The second kappa shape index (κ2) is 7.20. The number of nitrogens with zero attached hydrogens (tertiary/aromatic N) is 2. The number of benzene rings is 1. The summed E-state index contributed by atoms with van der Waals surface area (Å²) in [7, 11) is 0. The van der Waals surface area contributed by atoms with E-state index in [0.29, 0.717) is 5.69 Å². The Kier molecular flexibility index (Phi) is 5.31. The Bertz CT molecular complexity index is 494. The summed E-state index contributed by atoms with van der Waals surface area (Å²) in [4.78, 5) is 27.4. The lowest BCUT2D eigenvalue weighted by Gasteiger charge is -2.26. The number of halogens is 1. The third kappa shape index (κ3) is 4.28. The lowest BCUT2D eigenvalue weighted by molar-refractivity contribution is -0.131. The van der Waals surface area contributed by atoms with Gasteiger partial charge in [0.2, 0.25) is 11.8 Å². The van der Waals surface area contributed by atoms with Gasteiger partial charge in [-0.05, 0) is 37.1 Å². The van der Waals surface area contributed by atoms with Gasteiger partial charge in [-0.1, -0.05) is 12.8 Å². The molecule has 0 N–H and O–H groups in total. The predicted molar refractivity (Wildman–Crippen MR) is 79.5 cm³/mol. The highest BCUT2D eigenvalue weighted by atomic mass is 19.1. The largest absolute Gasteiger partial charge is 0.341 e. The van der Waals surface area contributed by atoms with Crippen LogP contribution in [0.25, 0.3) is 0 Å². The molecular formula is C16H21FN2O2. The van der Waals surface area contributed by atoms with E-state index in [1.807, 2.05) is 4.90 Å². The number of carbonyl (C=O) groups is 2. The smallest absolute Gasteiger partial charge is 0.242 e. The van der Waals surface area contributed by atoms with Crippen molar-refractivity contribution in [2.45, 2.75) is 32.6 Å². The molecule has 0 spiro atoms. The predicted octanol–water partition coefficient (Wildman–Crippen LogP) is 2.58. The first-order valence-electron chi connectivity index (χ1n) is 7.39. The molecule has 1 aliphatic rings. The summed E-state index contributed by atoms with van der Waals surface area (Å²) in [6.07, 6.45) is 4.33. The van der Waals surface area contributed by atoms with Crippen LogP contribution in [0.4, 0.5) is 10.1 Å². The number of hydrogen-bond acceptors (Lipinski definition) is 2.